The number of nitrogens with one attached hydrogen (secondary N) is 1. The third kappa shape index (κ3) is 6.85. The molecule has 1 aliphatic rings. The molecule has 3 aromatic rings. The number of aromatic nitrogens is 2. The molecule has 0 radical (unpaired) electrons. The average molecular weight is 524 g/mol. The van der Waals surface area contributed by atoms with Gasteiger partial charge in [-0.25, -0.2) is 9.98 Å². The second kappa shape index (κ2) is 12.5. The van der Waals surface area contributed by atoms with Crippen molar-refractivity contribution in [3.8, 4) is 11.3 Å². The Bertz CT molecular complexity index is 1260. The highest BCUT2D eigenvalue weighted by atomic mass is 32.1. The Labute approximate surface area is 222 Å². The summed E-state index contributed by atoms with van der Waals surface area (Å²) in [6.45, 7) is 11.8. The predicted molar refractivity (Wildman–Crippen MR) is 148 cm³/mol. The molecule has 0 spiro atoms. The van der Waals surface area contributed by atoms with Gasteiger partial charge in [-0.15, -0.1) is 11.3 Å². The first-order valence-electron chi connectivity index (χ1n) is 12.9. The molecule has 1 amide bonds. The fourth-order valence-electron chi connectivity index (χ4n) is 4.38. The Kier molecular flexibility index (Phi) is 9.13. The van der Waals surface area contributed by atoms with Crippen LogP contribution >= 0.6 is 11.3 Å². The third-order valence-corrected chi connectivity index (χ3v) is 7.35. The lowest BCUT2D eigenvalue weighted by Crippen LogP contribution is -2.37. The van der Waals surface area contributed by atoms with Crippen LogP contribution in [0.3, 0.4) is 0 Å². The summed E-state index contributed by atoms with van der Waals surface area (Å²) in [5.74, 6) is 1.19. The van der Waals surface area contributed by atoms with Crippen molar-refractivity contribution in [3.05, 3.63) is 63.4 Å². The molecule has 0 bridgehead atoms. The maximum atomic E-state index is 11.4. The molecule has 0 aliphatic carbocycles. The molecule has 1 atom stereocenters. The zero-order chi connectivity index (χ0) is 26.4. The van der Waals surface area contributed by atoms with E-state index in [0.717, 1.165) is 47.1 Å². The molecule has 198 valence electrons. The van der Waals surface area contributed by atoms with Gasteiger partial charge >= 0.3 is 0 Å². The number of benzene rings is 1. The standard InChI is InChI=1S/C28H37N5O3S/c1-19(2)22-7-9-23(10-8-22)25-18-37-28(33(25)13-5-12-29-21(4)34)31-27(35)24-11-6-20(3)30-26(24)32-14-16-36-17-15-32/h6-11,18-19,27,35H,5,12-17H2,1-4H3,(H,29,34)/b31-28-. The number of carbonyl (C=O) groups excluding carboxylic acids is 1. The first kappa shape index (κ1) is 27.0. The number of nitrogens with zero attached hydrogens (tertiary/aromatic N) is 4. The van der Waals surface area contributed by atoms with Gasteiger partial charge in [-0.2, -0.15) is 0 Å². The molecule has 3 heterocycles. The second-order valence-corrected chi connectivity index (χ2v) is 10.5. The molecule has 1 fully saturated rings. The van der Waals surface area contributed by atoms with Crippen molar-refractivity contribution in [2.75, 3.05) is 37.7 Å². The summed E-state index contributed by atoms with van der Waals surface area (Å²) in [6.07, 6.45) is -0.302. The lowest BCUT2D eigenvalue weighted by Gasteiger charge is -2.30. The van der Waals surface area contributed by atoms with Crippen LogP contribution in [0.2, 0.25) is 0 Å². The first-order chi connectivity index (χ1) is 17.8. The van der Waals surface area contributed by atoms with Crippen LogP contribution in [0.25, 0.3) is 11.3 Å². The Morgan fingerprint density at radius 3 is 2.59 bits per heavy atom. The molecule has 37 heavy (non-hydrogen) atoms. The lowest BCUT2D eigenvalue weighted by atomic mass is 10.0. The molecule has 2 N–H and O–H groups in total. The Hall–Kier alpha value is -3.01. The number of aliphatic hydroxyl groups is 1. The van der Waals surface area contributed by atoms with E-state index in [4.69, 9.17) is 14.7 Å². The van der Waals surface area contributed by atoms with Crippen molar-refractivity contribution in [3.63, 3.8) is 0 Å². The number of amides is 1. The molecular formula is C28H37N5O3S. The summed E-state index contributed by atoms with van der Waals surface area (Å²) >= 11 is 1.51. The molecule has 8 nitrogen and oxygen atoms in total. The molecule has 1 aromatic carbocycles. The largest absolute Gasteiger partial charge is 0.378 e. The molecule has 2 aromatic heterocycles. The van der Waals surface area contributed by atoms with Gasteiger partial charge in [0.1, 0.15) is 5.82 Å². The van der Waals surface area contributed by atoms with Crippen molar-refractivity contribution in [2.24, 2.45) is 4.99 Å². The molecule has 0 saturated carbocycles. The van der Waals surface area contributed by atoms with Crippen molar-refractivity contribution in [2.45, 2.75) is 52.8 Å². The normalized spacial score (nSPS) is 15.3. The number of carbonyl (C=O) groups is 1. The van der Waals surface area contributed by atoms with Crippen LogP contribution in [0.15, 0.2) is 46.8 Å². The van der Waals surface area contributed by atoms with Gasteiger partial charge in [0, 0.05) is 49.7 Å². The van der Waals surface area contributed by atoms with Gasteiger partial charge < -0.3 is 24.6 Å². The van der Waals surface area contributed by atoms with Gasteiger partial charge in [0.2, 0.25) is 5.91 Å². The maximum Gasteiger partial charge on any atom is 0.216 e. The lowest BCUT2D eigenvalue weighted by molar-refractivity contribution is -0.118. The number of ether oxygens (including phenoxy) is 1. The number of thiazole rings is 1. The van der Waals surface area contributed by atoms with Crippen molar-refractivity contribution < 1.29 is 14.6 Å². The van der Waals surface area contributed by atoms with Crippen LogP contribution in [0.1, 0.15) is 56.2 Å². The van der Waals surface area contributed by atoms with E-state index in [2.05, 4.69) is 58.3 Å². The van der Waals surface area contributed by atoms with Crippen molar-refractivity contribution >= 4 is 23.1 Å². The van der Waals surface area contributed by atoms with E-state index in [1.165, 1.54) is 23.8 Å². The van der Waals surface area contributed by atoms with E-state index in [1.807, 2.05) is 19.1 Å². The smallest absolute Gasteiger partial charge is 0.216 e. The molecular weight excluding hydrogens is 486 g/mol. The van der Waals surface area contributed by atoms with Crippen molar-refractivity contribution in [1.82, 2.24) is 14.9 Å². The summed E-state index contributed by atoms with van der Waals surface area (Å²) in [5, 5.41) is 16.3. The highest BCUT2D eigenvalue weighted by Gasteiger charge is 2.21. The minimum atomic E-state index is -1.05. The highest BCUT2D eigenvalue weighted by molar-refractivity contribution is 7.07. The predicted octanol–water partition coefficient (Wildman–Crippen LogP) is 4.00. The van der Waals surface area contributed by atoms with Gasteiger partial charge in [-0.3, -0.25) is 4.79 Å². The van der Waals surface area contributed by atoms with Crippen LogP contribution in [0, 0.1) is 6.92 Å². The number of morpholine rings is 1. The second-order valence-electron chi connectivity index (χ2n) is 9.64. The Morgan fingerprint density at radius 1 is 1.19 bits per heavy atom. The molecule has 1 saturated heterocycles. The zero-order valence-corrected chi connectivity index (χ0v) is 22.9. The number of hydrogen-bond donors (Lipinski definition) is 2. The van der Waals surface area contributed by atoms with E-state index in [9.17, 15) is 9.90 Å². The minimum Gasteiger partial charge on any atom is -0.378 e. The Morgan fingerprint density at radius 2 is 1.92 bits per heavy atom. The molecule has 4 rings (SSSR count). The van der Waals surface area contributed by atoms with E-state index in [0.29, 0.717) is 37.8 Å². The Balaban J connectivity index is 1.69. The number of pyridine rings is 1. The molecule has 1 unspecified atom stereocenters. The van der Waals surface area contributed by atoms with Crippen LogP contribution in [-0.2, 0) is 16.1 Å². The number of hydrogen-bond acceptors (Lipinski definition) is 7. The monoisotopic (exact) mass is 523 g/mol. The van der Waals surface area contributed by atoms with Gasteiger partial charge in [0.15, 0.2) is 11.0 Å². The van der Waals surface area contributed by atoms with Crippen molar-refractivity contribution in [1.29, 1.82) is 0 Å². The zero-order valence-electron chi connectivity index (χ0n) is 22.1. The number of rotatable bonds is 9. The average Bonchev–Trinajstić information content (AvgIpc) is 3.29. The van der Waals surface area contributed by atoms with E-state index in [-0.39, 0.29) is 5.91 Å². The van der Waals surface area contributed by atoms with E-state index >= 15 is 0 Å². The number of aryl methyl sites for hydroxylation is 1. The minimum absolute atomic E-state index is 0.0392. The van der Waals surface area contributed by atoms with Crippen LogP contribution in [0.4, 0.5) is 5.82 Å². The summed E-state index contributed by atoms with van der Waals surface area (Å²) < 4.78 is 7.64. The number of anilines is 1. The summed E-state index contributed by atoms with van der Waals surface area (Å²) in [6, 6.07) is 12.4. The van der Waals surface area contributed by atoms with Crippen LogP contribution < -0.4 is 15.0 Å². The van der Waals surface area contributed by atoms with E-state index in [1.54, 1.807) is 0 Å². The molecule has 9 heteroatoms. The quantitative estimate of drug-likeness (QED) is 0.414. The first-order valence-corrected chi connectivity index (χ1v) is 13.8. The SMILES string of the molecule is CC(=O)NCCCn1c(-c2ccc(C(C)C)cc2)cs/c1=N\C(O)c1ccc(C)nc1N1CCOCC1. The fraction of sp³-hybridized carbons (Fsp3) is 0.464. The molecule has 1 aliphatic heterocycles. The van der Waals surface area contributed by atoms with Gasteiger partial charge in [-0.1, -0.05) is 38.1 Å². The highest BCUT2D eigenvalue weighted by Crippen LogP contribution is 2.28. The third-order valence-electron chi connectivity index (χ3n) is 6.47. The summed E-state index contributed by atoms with van der Waals surface area (Å²) in [7, 11) is 0. The number of aliphatic hydroxyl groups excluding tert-OH is 1. The van der Waals surface area contributed by atoms with Gasteiger partial charge in [0.05, 0.1) is 18.9 Å². The summed E-state index contributed by atoms with van der Waals surface area (Å²) in [4.78, 5) is 23.7. The summed E-state index contributed by atoms with van der Waals surface area (Å²) in [5.41, 5.74) is 5.02. The van der Waals surface area contributed by atoms with Gasteiger partial charge in [0.25, 0.3) is 0 Å². The van der Waals surface area contributed by atoms with Gasteiger partial charge in [-0.05, 0) is 42.5 Å². The van der Waals surface area contributed by atoms with Crippen LogP contribution in [-0.4, -0.2) is 53.4 Å². The maximum absolute atomic E-state index is 11.4. The van der Waals surface area contributed by atoms with E-state index < -0.39 is 6.23 Å². The van der Waals surface area contributed by atoms with Crippen LogP contribution in [0.5, 0.6) is 0 Å². The fourth-order valence-corrected chi connectivity index (χ4v) is 5.34. The topological polar surface area (TPSA) is 92.0 Å².